The van der Waals surface area contributed by atoms with E-state index in [1.165, 1.54) is 12.8 Å². The van der Waals surface area contributed by atoms with Crippen LogP contribution in [-0.4, -0.2) is 26.5 Å². The molecule has 0 radical (unpaired) electrons. The summed E-state index contributed by atoms with van der Waals surface area (Å²) in [6, 6.07) is 8.00. The summed E-state index contributed by atoms with van der Waals surface area (Å²) >= 11 is 0. The highest BCUT2D eigenvalue weighted by molar-refractivity contribution is 5.81. The first kappa shape index (κ1) is 13.9. The lowest BCUT2D eigenvalue weighted by atomic mass is 9.98. The van der Waals surface area contributed by atoms with Gasteiger partial charge in [-0.15, -0.1) is 0 Å². The van der Waals surface area contributed by atoms with Gasteiger partial charge in [-0.25, -0.2) is 0 Å². The van der Waals surface area contributed by atoms with Crippen LogP contribution in [0.2, 0.25) is 0 Å². The van der Waals surface area contributed by atoms with E-state index in [9.17, 15) is 4.79 Å². The first-order valence-electron chi connectivity index (χ1n) is 7.08. The average Bonchev–Trinajstić information content (AvgIpc) is 2.64. The Morgan fingerprint density at radius 2 is 2.16 bits per heavy atom. The summed E-state index contributed by atoms with van der Waals surface area (Å²) in [5, 5.41) is 0. The zero-order valence-corrected chi connectivity index (χ0v) is 11.9. The maximum absolute atomic E-state index is 12.1. The summed E-state index contributed by atoms with van der Waals surface area (Å²) in [5.74, 6) is 1.49. The fraction of sp³-hybridized carbons (Fsp3) is 0.562. The summed E-state index contributed by atoms with van der Waals surface area (Å²) in [7, 11) is 3.72. The van der Waals surface area contributed by atoms with Gasteiger partial charge in [0.2, 0.25) is 0 Å². The van der Waals surface area contributed by atoms with Crippen molar-refractivity contribution in [3.8, 4) is 5.75 Å². The molecular formula is C16H23NO2. The van der Waals surface area contributed by atoms with Crippen LogP contribution in [0.15, 0.2) is 24.3 Å². The summed E-state index contributed by atoms with van der Waals surface area (Å²) in [4.78, 5) is 14.2. The number of carbonyl (C=O) groups excluding carboxylic acids is 1. The highest BCUT2D eigenvalue weighted by Crippen LogP contribution is 2.24. The molecule has 0 heterocycles. The molecule has 1 unspecified atom stereocenters. The number of ether oxygens (including phenoxy) is 1. The van der Waals surface area contributed by atoms with Crippen LogP contribution in [0.4, 0.5) is 5.69 Å². The lowest BCUT2D eigenvalue weighted by molar-refractivity contribution is -0.122. The van der Waals surface area contributed by atoms with E-state index in [2.05, 4.69) is 11.0 Å². The van der Waals surface area contributed by atoms with Crippen LogP contribution in [0.5, 0.6) is 5.75 Å². The normalized spacial score (nSPS) is 19.9. The summed E-state index contributed by atoms with van der Waals surface area (Å²) < 4.78 is 5.24. The standard InChI is InChI=1S/C16H23NO2/c1-17(14-8-6-9-15(11-14)19-2)12-13-7-4-3-5-10-16(13)18/h6,8-9,11,13H,3-5,7,10,12H2,1-2H3. The third-order valence-corrected chi connectivity index (χ3v) is 3.92. The molecule has 1 aromatic carbocycles. The van der Waals surface area contributed by atoms with E-state index in [0.29, 0.717) is 5.78 Å². The summed E-state index contributed by atoms with van der Waals surface area (Å²) in [5.41, 5.74) is 1.11. The number of nitrogens with zero attached hydrogens (tertiary/aromatic N) is 1. The zero-order valence-electron chi connectivity index (χ0n) is 11.9. The van der Waals surface area contributed by atoms with Gasteiger partial charge in [0.25, 0.3) is 0 Å². The molecule has 1 aliphatic carbocycles. The summed E-state index contributed by atoms with van der Waals surface area (Å²) in [6.07, 6.45) is 5.25. The minimum absolute atomic E-state index is 0.193. The average molecular weight is 261 g/mol. The number of rotatable bonds is 4. The molecule has 1 saturated carbocycles. The van der Waals surface area contributed by atoms with Crippen LogP contribution in [0, 0.1) is 5.92 Å². The number of carbonyl (C=O) groups is 1. The predicted molar refractivity (Wildman–Crippen MR) is 77.8 cm³/mol. The molecule has 1 aliphatic rings. The molecule has 3 heteroatoms. The molecule has 1 aromatic rings. The Morgan fingerprint density at radius 1 is 1.32 bits per heavy atom. The van der Waals surface area contributed by atoms with E-state index in [-0.39, 0.29) is 5.92 Å². The van der Waals surface area contributed by atoms with Crippen LogP contribution in [0.25, 0.3) is 0 Å². The molecule has 0 amide bonds. The van der Waals surface area contributed by atoms with Gasteiger partial charge in [-0.3, -0.25) is 4.79 Å². The number of anilines is 1. The fourth-order valence-electron chi connectivity index (χ4n) is 2.71. The Kier molecular flexibility index (Phi) is 4.83. The lowest BCUT2D eigenvalue weighted by Crippen LogP contribution is -2.29. The first-order valence-corrected chi connectivity index (χ1v) is 7.08. The number of hydrogen-bond donors (Lipinski definition) is 0. The van der Waals surface area contributed by atoms with Gasteiger partial charge >= 0.3 is 0 Å². The van der Waals surface area contributed by atoms with Crippen LogP contribution in [0.3, 0.4) is 0 Å². The van der Waals surface area contributed by atoms with E-state index in [1.54, 1.807) is 7.11 Å². The molecule has 0 aliphatic heterocycles. The van der Waals surface area contributed by atoms with Crippen LogP contribution < -0.4 is 9.64 Å². The van der Waals surface area contributed by atoms with Gasteiger partial charge in [0.1, 0.15) is 11.5 Å². The van der Waals surface area contributed by atoms with Crippen molar-refractivity contribution in [2.45, 2.75) is 32.1 Å². The SMILES string of the molecule is COc1cccc(N(C)CC2CCCCCC2=O)c1. The lowest BCUT2D eigenvalue weighted by Gasteiger charge is -2.24. The number of methoxy groups -OCH3 is 1. The Hall–Kier alpha value is -1.51. The van der Waals surface area contributed by atoms with Crippen molar-refractivity contribution in [2.75, 3.05) is 25.6 Å². The molecule has 0 bridgehead atoms. The van der Waals surface area contributed by atoms with E-state index >= 15 is 0 Å². The number of ketones is 1. The molecule has 1 atom stereocenters. The second kappa shape index (κ2) is 6.60. The Morgan fingerprint density at radius 3 is 2.95 bits per heavy atom. The van der Waals surface area contributed by atoms with Gasteiger partial charge < -0.3 is 9.64 Å². The maximum Gasteiger partial charge on any atom is 0.137 e. The smallest absolute Gasteiger partial charge is 0.137 e. The molecular weight excluding hydrogens is 238 g/mol. The van der Waals surface area contributed by atoms with Crippen molar-refractivity contribution in [3.63, 3.8) is 0 Å². The van der Waals surface area contributed by atoms with E-state index in [4.69, 9.17) is 4.74 Å². The van der Waals surface area contributed by atoms with Crippen LogP contribution >= 0.6 is 0 Å². The third kappa shape index (κ3) is 3.72. The molecule has 0 N–H and O–H groups in total. The van der Waals surface area contributed by atoms with Gasteiger partial charge in [0, 0.05) is 37.7 Å². The first-order chi connectivity index (χ1) is 9.20. The Labute approximate surface area is 115 Å². The third-order valence-electron chi connectivity index (χ3n) is 3.92. The number of benzene rings is 1. The second-order valence-electron chi connectivity index (χ2n) is 5.34. The van der Waals surface area contributed by atoms with Gasteiger partial charge in [-0.1, -0.05) is 18.9 Å². The predicted octanol–water partition coefficient (Wildman–Crippen LogP) is 3.28. The van der Waals surface area contributed by atoms with Crippen molar-refractivity contribution in [1.82, 2.24) is 0 Å². The van der Waals surface area contributed by atoms with Gasteiger partial charge in [-0.2, -0.15) is 0 Å². The number of Topliss-reactive ketones (excluding diaryl/α,β-unsaturated/α-hetero) is 1. The minimum Gasteiger partial charge on any atom is -0.497 e. The maximum atomic E-state index is 12.1. The second-order valence-corrected chi connectivity index (χ2v) is 5.34. The van der Waals surface area contributed by atoms with Crippen molar-refractivity contribution in [2.24, 2.45) is 5.92 Å². The minimum atomic E-state index is 0.193. The van der Waals surface area contributed by atoms with Crippen molar-refractivity contribution in [3.05, 3.63) is 24.3 Å². The fourth-order valence-corrected chi connectivity index (χ4v) is 2.71. The van der Waals surface area contributed by atoms with E-state index in [1.807, 2.05) is 25.2 Å². The molecule has 1 fully saturated rings. The quantitative estimate of drug-likeness (QED) is 0.779. The van der Waals surface area contributed by atoms with Crippen molar-refractivity contribution in [1.29, 1.82) is 0 Å². The van der Waals surface area contributed by atoms with Gasteiger partial charge in [0.05, 0.1) is 7.11 Å². The Bertz CT molecular complexity index is 431. The highest BCUT2D eigenvalue weighted by Gasteiger charge is 2.22. The molecule has 0 saturated heterocycles. The van der Waals surface area contributed by atoms with Gasteiger partial charge in [-0.05, 0) is 25.0 Å². The molecule has 3 nitrogen and oxygen atoms in total. The van der Waals surface area contributed by atoms with E-state index < -0.39 is 0 Å². The highest BCUT2D eigenvalue weighted by atomic mass is 16.5. The molecule has 0 aromatic heterocycles. The topological polar surface area (TPSA) is 29.5 Å². The molecule has 0 spiro atoms. The monoisotopic (exact) mass is 261 g/mol. The molecule has 104 valence electrons. The van der Waals surface area contributed by atoms with Crippen LogP contribution in [-0.2, 0) is 4.79 Å². The van der Waals surface area contributed by atoms with E-state index in [0.717, 1.165) is 37.2 Å². The molecule has 19 heavy (non-hydrogen) atoms. The van der Waals surface area contributed by atoms with Crippen molar-refractivity contribution >= 4 is 11.5 Å². The number of hydrogen-bond acceptors (Lipinski definition) is 3. The zero-order chi connectivity index (χ0) is 13.7. The molecule has 2 rings (SSSR count). The van der Waals surface area contributed by atoms with Crippen molar-refractivity contribution < 1.29 is 9.53 Å². The Balaban J connectivity index is 2.02. The van der Waals surface area contributed by atoms with Crippen LogP contribution in [0.1, 0.15) is 32.1 Å². The van der Waals surface area contributed by atoms with Gasteiger partial charge in [0.15, 0.2) is 0 Å². The summed E-state index contributed by atoms with van der Waals surface area (Å²) in [6.45, 7) is 0.812. The largest absolute Gasteiger partial charge is 0.497 e.